The number of aliphatic imine (C=N–C) groups is 1. The maximum atomic E-state index is 13.6. The van der Waals surface area contributed by atoms with Gasteiger partial charge in [0, 0.05) is 24.8 Å². The molecule has 3 aromatic carbocycles. The number of nitrogens with zero attached hydrogens (tertiary/aromatic N) is 3. The summed E-state index contributed by atoms with van der Waals surface area (Å²) < 4.78 is 0. The molecule has 0 radical (unpaired) electrons. The SMILES string of the molecule is CC1CC(C)(C)N(C)c2ccc(/C=C3/SC(=Nc4ccccc4)N(CCc4ccccc4)C3=O)cc21. The first kappa shape index (κ1) is 24.4. The Morgan fingerprint density at radius 2 is 1.72 bits per heavy atom. The summed E-state index contributed by atoms with van der Waals surface area (Å²) in [6, 6.07) is 26.7. The van der Waals surface area contributed by atoms with E-state index in [0.29, 0.717) is 12.5 Å². The monoisotopic (exact) mass is 495 g/mol. The van der Waals surface area contributed by atoms with Crippen molar-refractivity contribution in [3.05, 3.63) is 100 Å². The lowest BCUT2D eigenvalue weighted by Crippen LogP contribution is -2.45. The predicted molar refractivity (Wildman–Crippen MR) is 153 cm³/mol. The van der Waals surface area contributed by atoms with Crippen LogP contribution in [0.2, 0.25) is 0 Å². The van der Waals surface area contributed by atoms with Crippen molar-refractivity contribution in [2.45, 2.75) is 45.1 Å². The second kappa shape index (κ2) is 9.98. The van der Waals surface area contributed by atoms with E-state index in [1.807, 2.05) is 59.5 Å². The number of amides is 1. The smallest absolute Gasteiger partial charge is 0.266 e. The molecular formula is C31H33N3OS. The van der Waals surface area contributed by atoms with Gasteiger partial charge in [-0.15, -0.1) is 0 Å². The van der Waals surface area contributed by atoms with Crippen molar-refractivity contribution in [3.63, 3.8) is 0 Å². The van der Waals surface area contributed by atoms with Crippen LogP contribution < -0.4 is 4.90 Å². The fourth-order valence-electron chi connectivity index (χ4n) is 5.12. The van der Waals surface area contributed by atoms with Crippen molar-refractivity contribution in [2.24, 2.45) is 4.99 Å². The van der Waals surface area contributed by atoms with Gasteiger partial charge in [-0.25, -0.2) is 4.99 Å². The standard InChI is InChI=1S/C31H33N3OS/c1-22-21-31(2,3)33(4)27-16-15-24(19-26(22)27)20-28-29(35)34(18-17-23-11-7-5-8-12-23)30(36-28)32-25-13-9-6-10-14-25/h5-16,19-20,22H,17-18,21H2,1-4H3/b28-20+,32-30?. The minimum Gasteiger partial charge on any atom is -0.369 e. The van der Waals surface area contributed by atoms with Gasteiger partial charge in [-0.1, -0.05) is 61.5 Å². The first-order valence-corrected chi connectivity index (χ1v) is 13.4. The molecule has 0 N–H and O–H groups in total. The lowest BCUT2D eigenvalue weighted by Gasteiger charge is -2.45. The third-order valence-corrected chi connectivity index (χ3v) is 8.30. The van der Waals surface area contributed by atoms with Crippen molar-refractivity contribution in [3.8, 4) is 0 Å². The zero-order valence-electron chi connectivity index (χ0n) is 21.4. The Balaban J connectivity index is 1.45. The molecule has 2 heterocycles. The van der Waals surface area contributed by atoms with Crippen LogP contribution in [0, 0.1) is 0 Å². The minimum atomic E-state index is 0.0228. The number of thioether (sulfide) groups is 1. The molecule has 1 atom stereocenters. The molecule has 5 heteroatoms. The highest BCUT2D eigenvalue weighted by atomic mass is 32.2. The van der Waals surface area contributed by atoms with Crippen molar-refractivity contribution in [2.75, 3.05) is 18.5 Å². The predicted octanol–water partition coefficient (Wildman–Crippen LogP) is 7.26. The lowest BCUT2D eigenvalue weighted by atomic mass is 9.80. The molecule has 0 saturated carbocycles. The summed E-state index contributed by atoms with van der Waals surface area (Å²) in [5, 5.41) is 0.737. The van der Waals surface area contributed by atoms with Gasteiger partial charge in [0.1, 0.15) is 0 Å². The average molecular weight is 496 g/mol. The summed E-state index contributed by atoms with van der Waals surface area (Å²) >= 11 is 1.47. The molecule has 0 aliphatic carbocycles. The Bertz CT molecular complexity index is 1310. The van der Waals surface area contributed by atoms with E-state index in [0.717, 1.165) is 34.2 Å². The van der Waals surface area contributed by atoms with Crippen molar-refractivity contribution in [1.29, 1.82) is 0 Å². The molecule has 4 nitrogen and oxygen atoms in total. The van der Waals surface area contributed by atoms with E-state index in [2.05, 4.69) is 63.1 Å². The van der Waals surface area contributed by atoms with Crippen LogP contribution in [0.15, 0.2) is 88.8 Å². The number of rotatable bonds is 5. The van der Waals surface area contributed by atoms with Gasteiger partial charge in [-0.3, -0.25) is 9.69 Å². The molecule has 0 aromatic heterocycles. The number of hydrogen-bond donors (Lipinski definition) is 0. The highest BCUT2D eigenvalue weighted by molar-refractivity contribution is 8.18. The Morgan fingerprint density at radius 3 is 2.44 bits per heavy atom. The molecule has 1 unspecified atom stereocenters. The van der Waals surface area contributed by atoms with Gasteiger partial charge >= 0.3 is 0 Å². The summed E-state index contributed by atoms with van der Waals surface area (Å²) in [4.78, 5) is 23.3. The highest BCUT2D eigenvalue weighted by Gasteiger charge is 2.35. The van der Waals surface area contributed by atoms with Crippen LogP contribution in [-0.2, 0) is 11.2 Å². The Hall–Kier alpha value is -3.31. The molecule has 3 aromatic rings. The molecule has 2 aliphatic heterocycles. The fourth-order valence-corrected chi connectivity index (χ4v) is 6.15. The Morgan fingerprint density at radius 1 is 1.03 bits per heavy atom. The number of para-hydroxylation sites is 1. The van der Waals surface area contributed by atoms with Gasteiger partial charge in [0.05, 0.1) is 10.6 Å². The molecule has 2 aliphatic rings. The molecule has 5 rings (SSSR count). The first-order valence-electron chi connectivity index (χ1n) is 12.6. The number of amidine groups is 1. The Kier molecular flexibility index (Phi) is 6.76. The fraction of sp³-hybridized carbons (Fsp3) is 0.290. The molecule has 1 amide bonds. The maximum Gasteiger partial charge on any atom is 0.266 e. The van der Waals surface area contributed by atoms with Gasteiger partial charge < -0.3 is 4.90 Å². The van der Waals surface area contributed by atoms with E-state index in [1.165, 1.54) is 28.6 Å². The largest absolute Gasteiger partial charge is 0.369 e. The molecular weight excluding hydrogens is 462 g/mol. The second-order valence-electron chi connectivity index (χ2n) is 10.3. The van der Waals surface area contributed by atoms with Crippen molar-refractivity contribution < 1.29 is 4.79 Å². The van der Waals surface area contributed by atoms with E-state index < -0.39 is 0 Å². The number of hydrogen-bond acceptors (Lipinski definition) is 4. The third-order valence-electron chi connectivity index (χ3n) is 7.29. The maximum absolute atomic E-state index is 13.6. The van der Waals surface area contributed by atoms with Crippen LogP contribution in [-0.4, -0.2) is 35.1 Å². The van der Waals surface area contributed by atoms with E-state index in [-0.39, 0.29) is 11.4 Å². The number of fused-ring (bicyclic) bond motifs is 1. The van der Waals surface area contributed by atoms with E-state index in [9.17, 15) is 4.79 Å². The van der Waals surface area contributed by atoms with Gasteiger partial charge in [0.2, 0.25) is 0 Å². The normalized spacial score (nSPS) is 21.3. The number of carbonyl (C=O) groups is 1. The van der Waals surface area contributed by atoms with Crippen molar-refractivity contribution in [1.82, 2.24) is 4.90 Å². The summed E-state index contributed by atoms with van der Waals surface area (Å²) in [6.07, 6.45) is 3.92. The molecule has 0 bridgehead atoms. The van der Waals surface area contributed by atoms with Crippen molar-refractivity contribution >= 4 is 40.3 Å². The number of anilines is 1. The molecule has 1 fully saturated rings. The van der Waals surface area contributed by atoms with Gasteiger partial charge in [0.15, 0.2) is 5.17 Å². The first-order chi connectivity index (χ1) is 17.3. The van der Waals surface area contributed by atoms with E-state index >= 15 is 0 Å². The van der Waals surface area contributed by atoms with Crippen LogP contribution in [0.1, 0.15) is 49.8 Å². The quantitative estimate of drug-likeness (QED) is 0.350. The summed E-state index contributed by atoms with van der Waals surface area (Å²) in [5.74, 6) is 0.490. The minimum absolute atomic E-state index is 0.0228. The van der Waals surface area contributed by atoms with E-state index in [4.69, 9.17) is 4.99 Å². The van der Waals surface area contributed by atoms with Crippen LogP contribution >= 0.6 is 11.8 Å². The average Bonchev–Trinajstić information content (AvgIpc) is 3.16. The van der Waals surface area contributed by atoms with Crippen LogP contribution in [0.3, 0.4) is 0 Å². The molecule has 1 saturated heterocycles. The number of carbonyl (C=O) groups excluding carboxylic acids is 1. The zero-order valence-corrected chi connectivity index (χ0v) is 22.3. The highest BCUT2D eigenvalue weighted by Crippen LogP contribution is 2.43. The number of benzene rings is 3. The summed E-state index contributed by atoms with van der Waals surface area (Å²) in [5.41, 5.74) is 5.89. The van der Waals surface area contributed by atoms with Gasteiger partial charge in [0.25, 0.3) is 5.91 Å². The van der Waals surface area contributed by atoms with E-state index in [1.54, 1.807) is 0 Å². The summed E-state index contributed by atoms with van der Waals surface area (Å²) in [7, 11) is 2.18. The third kappa shape index (κ3) is 4.98. The van der Waals surface area contributed by atoms with Crippen LogP contribution in [0.5, 0.6) is 0 Å². The van der Waals surface area contributed by atoms with Crippen LogP contribution in [0.25, 0.3) is 6.08 Å². The van der Waals surface area contributed by atoms with Gasteiger partial charge in [-0.2, -0.15) is 0 Å². The van der Waals surface area contributed by atoms with Crippen LogP contribution in [0.4, 0.5) is 11.4 Å². The Labute approximate surface area is 218 Å². The topological polar surface area (TPSA) is 35.9 Å². The molecule has 0 spiro atoms. The second-order valence-corrected chi connectivity index (χ2v) is 11.3. The lowest BCUT2D eigenvalue weighted by molar-refractivity contribution is -0.122. The molecule has 36 heavy (non-hydrogen) atoms. The zero-order chi connectivity index (χ0) is 25.3. The summed E-state index contributed by atoms with van der Waals surface area (Å²) in [6.45, 7) is 7.50. The van der Waals surface area contributed by atoms with Gasteiger partial charge in [-0.05, 0) is 91.4 Å². The molecule has 184 valence electrons.